The molecule has 2 aromatic carbocycles. The van der Waals surface area contributed by atoms with Crippen LogP contribution >= 0.6 is 0 Å². The second kappa shape index (κ2) is 7.60. The summed E-state index contributed by atoms with van der Waals surface area (Å²) >= 11 is 0. The zero-order valence-electron chi connectivity index (χ0n) is 17.4. The van der Waals surface area contributed by atoms with E-state index >= 15 is 0 Å². The number of fused-ring (bicyclic) bond motifs is 3. The molecule has 2 aliphatic heterocycles. The van der Waals surface area contributed by atoms with Crippen molar-refractivity contribution in [3.8, 4) is 0 Å². The Kier molecular flexibility index (Phi) is 4.73. The molecule has 0 bridgehead atoms. The Morgan fingerprint density at radius 1 is 1.16 bits per heavy atom. The third-order valence-corrected chi connectivity index (χ3v) is 5.97. The number of nitrogens with one attached hydrogen (secondary N) is 2. The third-order valence-electron chi connectivity index (χ3n) is 5.97. The number of anilines is 2. The first-order chi connectivity index (χ1) is 15.4. The summed E-state index contributed by atoms with van der Waals surface area (Å²) < 4.78 is 1.22. The van der Waals surface area contributed by atoms with Crippen molar-refractivity contribution in [2.75, 3.05) is 17.2 Å². The second-order valence-corrected chi connectivity index (χ2v) is 8.05. The lowest BCUT2D eigenvalue weighted by atomic mass is 10.1. The number of carbonyl (C=O) groups is 3. The first kappa shape index (κ1) is 19.9. The molecular weight excluding hydrogens is 410 g/mol. The molecule has 5 rings (SSSR count). The van der Waals surface area contributed by atoms with Gasteiger partial charge < -0.3 is 15.5 Å². The SMILES string of the molecule is Cn1nc(CC(=O)Nc2ccc3c(c2)C(=O)N2CCC[C@H]2C(=O)N3)c2ccccc2c1=O. The van der Waals surface area contributed by atoms with Crippen LogP contribution in [0.3, 0.4) is 0 Å². The van der Waals surface area contributed by atoms with E-state index in [2.05, 4.69) is 15.7 Å². The van der Waals surface area contributed by atoms with E-state index in [1.54, 1.807) is 54.4 Å². The van der Waals surface area contributed by atoms with Crippen molar-refractivity contribution in [1.82, 2.24) is 14.7 Å². The van der Waals surface area contributed by atoms with E-state index in [1.165, 1.54) is 4.68 Å². The Labute approximate surface area is 183 Å². The summed E-state index contributed by atoms with van der Waals surface area (Å²) in [6.07, 6.45) is 1.40. The zero-order valence-corrected chi connectivity index (χ0v) is 17.4. The second-order valence-electron chi connectivity index (χ2n) is 8.05. The molecule has 1 aromatic heterocycles. The highest BCUT2D eigenvalue weighted by Crippen LogP contribution is 2.30. The number of nitrogens with zero attached hydrogens (tertiary/aromatic N) is 3. The third kappa shape index (κ3) is 3.31. The molecular formula is C23H21N5O4. The van der Waals surface area contributed by atoms with Crippen LogP contribution in [0.25, 0.3) is 10.8 Å². The largest absolute Gasteiger partial charge is 0.327 e. The molecule has 162 valence electrons. The van der Waals surface area contributed by atoms with Gasteiger partial charge >= 0.3 is 0 Å². The number of aromatic nitrogens is 2. The number of aryl methyl sites for hydroxylation is 1. The van der Waals surface area contributed by atoms with Gasteiger partial charge in [-0.25, -0.2) is 4.68 Å². The van der Waals surface area contributed by atoms with E-state index in [0.717, 1.165) is 6.42 Å². The van der Waals surface area contributed by atoms with Crippen molar-refractivity contribution < 1.29 is 14.4 Å². The van der Waals surface area contributed by atoms with Gasteiger partial charge in [-0.15, -0.1) is 0 Å². The lowest BCUT2D eigenvalue weighted by Gasteiger charge is -2.20. The van der Waals surface area contributed by atoms with E-state index in [-0.39, 0.29) is 29.7 Å². The molecule has 3 aromatic rings. The molecule has 1 fully saturated rings. The number of benzene rings is 2. The normalized spacial score (nSPS) is 17.5. The molecule has 3 heterocycles. The predicted molar refractivity (Wildman–Crippen MR) is 118 cm³/mol. The lowest BCUT2D eigenvalue weighted by molar-refractivity contribution is -0.119. The van der Waals surface area contributed by atoms with E-state index in [1.807, 2.05) is 0 Å². The summed E-state index contributed by atoms with van der Waals surface area (Å²) in [6.45, 7) is 0.540. The maximum atomic E-state index is 13.0. The maximum absolute atomic E-state index is 13.0. The number of rotatable bonds is 3. The molecule has 0 radical (unpaired) electrons. The van der Waals surface area contributed by atoms with Gasteiger partial charge in [0, 0.05) is 24.7 Å². The van der Waals surface area contributed by atoms with Crippen LogP contribution in [0, 0.1) is 0 Å². The summed E-state index contributed by atoms with van der Waals surface area (Å²) in [4.78, 5) is 52.1. The Hall–Kier alpha value is -4.01. The minimum Gasteiger partial charge on any atom is -0.327 e. The van der Waals surface area contributed by atoms with Crippen LogP contribution in [-0.2, 0) is 23.1 Å². The van der Waals surface area contributed by atoms with Crippen LogP contribution in [0.5, 0.6) is 0 Å². The van der Waals surface area contributed by atoms with E-state index in [0.29, 0.717) is 46.4 Å². The van der Waals surface area contributed by atoms with Crippen molar-refractivity contribution in [1.29, 1.82) is 0 Å². The minimum absolute atomic E-state index is 0.0371. The smallest absolute Gasteiger partial charge is 0.274 e. The minimum atomic E-state index is -0.447. The fraction of sp³-hybridized carbons (Fsp3) is 0.261. The Morgan fingerprint density at radius 2 is 1.94 bits per heavy atom. The molecule has 2 aliphatic rings. The van der Waals surface area contributed by atoms with Gasteiger partial charge in [0.2, 0.25) is 11.8 Å². The van der Waals surface area contributed by atoms with Crippen molar-refractivity contribution >= 4 is 39.9 Å². The highest BCUT2D eigenvalue weighted by atomic mass is 16.2. The number of carbonyl (C=O) groups excluding carboxylic acids is 3. The van der Waals surface area contributed by atoms with Crippen LogP contribution in [0.1, 0.15) is 28.9 Å². The van der Waals surface area contributed by atoms with Crippen LogP contribution in [-0.4, -0.2) is 45.0 Å². The van der Waals surface area contributed by atoms with Crippen molar-refractivity contribution in [2.24, 2.45) is 7.05 Å². The maximum Gasteiger partial charge on any atom is 0.274 e. The lowest BCUT2D eigenvalue weighted by Crippen LogP contribution is -2.40. The van der Waals surface area contributed by atoms with Gasteiger partial charge in [-0.05, 0) is 37.1 Å². The summed E-state index contributed by atoms with van der Waals surface area (Å²) in [6, 6.07) is 11.4. The first-order valence-electron chi connectivity index (χ1n) is 10.4. The summed E-state index contributed by atoms with van der Waals surface area (Å²) in [5, 5.41) is 11.0. The first-order valence-corrected chi connectivity index (χ1v) is 10.4. The molecule has 0 aliphatic carbocycles. The van der Waals surface area contributed by atoms with Crippen molar-refractivity contribution in [2.45, 2.75) is 25.3 Å². The summed E-state index contributed by atoms with van der Waals surface area (Å²) in [5.41, 5.74) is 1.50. The summed E-state index contributed by atoms with van der Waals surface area (Å²) in [5.74, 6) is -0.730. The topological polar surface area (TPSA) is 113 Å². The molecule has 0 saturated carbocycles. The van der Waals surface area contributed by atoms with Gasteiger partial charge in [-0.2, -0.15) is 5.10 Å². The van der Waals surface area contributed by atoms with Crippen LogP contribution in [0.2, 0.25) is 0 Å². The van der Waals surface area contributed by atoms with Crippen LogP contribution in [0.4, 0.5) is 11.4 Å². The molecule has 1 saturated heterocycles. The average molecular weight is 431 g/mol. The Balaban J connectivity index is 1.41. The Morgan fingerprint density at radius 3 is 2.75 bits per heavy atom. The number of amides is 3. The molecule has 9 heteroatoms. The predicted octanol–water partition coefficient (Wildman–Crippen LogP) is 1.67. The van der Waals surface area contributed by atoms with Gasteiger partial charge in [0.05, 0.1) is 28.8 Å². The standard InChI is InChI=1S/C23H21N5O4/c1-27-22(31)15-6-3-2-5-14(15)18(26-27)12-20(29)24-13-8-9-17-16(11-13)23(32)28-10-4-7-19(28)21(30)25-17/h2-3,5-6,8-9,11,19H,4,7,10,12H2,1H3,(H,24,29)(H,25,30)/t19-/m0/s1. The monoisotopic (exact) mass is 431 g/mol. The van der Waals surface area contributed by atoms with Gasteiger partial charge in [-0.3, -0.25) is 19.2 Å². The fourth-order valence-corrected chi connectivity index (χ4v) is 4.42. The summed E-state index contributed by atoms with van der Waals surface area (Å²) in [7, 11) is 1.55. The van der Waals surface area contributed by atoms with Crippen molar-refractivity contribution in [3.63, 3.8) is 0 Å². The van der Waals surface area contributed by atoms with Gasteiger partial charge in [0.25, 0.3) is 11.5 Å². The van der Waals surface area contributed by atoms with Gasteiger partial charge in [0.1, 0.15) is 6.04 Å². The average Bonchev–Trinajstić information content (AvgIpc) is 3.25. The van der Waals surface area contributed by atoms with E-state index in [9.17, 15) is 19.2 Å². The molecule has 9 nitrogen and oxygen atoms in total. The van der Waals surface area contributed by atoms with E-state index in [4.69, 9.17) is 0 Å². The molecule has 0 spiro atoms. The van der Waals surface area contributed by atoms with E-state index < -0.39 is 6.04 Å². The molecule has 3 amide bonds. The molecule has 1 atom stereocenters. The molecule has 0 unspecified atom stereocenters. The zero-order chi connectivity index (χ0) is 22.4. The quantitative estimate of drug-likeness (QED) is 0.655. The Bertz CT molecular complexity index is 1350. The van der Waals surface area contributed by atoms with Gasteiger partial charge in [0.15, 0.2) is 0 Å². The number of hydrogen-bond donors (Lipinski definition) is 2. The highest BCUT2D eigenvalue weighted by molar-refractivity contribution is 6.11. The van der Waals surface area contributed by atoms with Crippen molar-refractivity contribution in [3.05, 3.63) is 64.1 Å². The molecule has 2 N–H and O–H groups in total. The fourth-order valence-electron chi connectivity index (χ4n) is 4.42. The molecule has 32 heavy (non-hydrogen) atoms. The number of hydrogen-bond acceptors (Lipinski definition) is 5. The van der Waals surface area contributed by atoms with Gasteiger partial charge in [-0.1, -0.05) is 18.2 Å². The van der Waals surface area contributed by atoms with Crippen LogP contribution in [0.15, 0.2) is 47.3 Å². The highest BCUT2D eigenvalue weighted by Gasteiger charge is 2.38. The van der Waals surface area contributed by atoms with Crippen LogP contribution < -0.4 is 16.2 Å².